The number of aryl methyl sites for hydroxylation is 1. The van der Waals surface area contributed by atoms with E-state index in [1.165, 1.54) is 10.9 Å². The van der Waals surface area contributed by atoms with Gasteiger partial charge >= 0.3 is 0 Å². The summed E-state index contributed by atoms with van der Waals surface area (Å²) >= 11 is 0. The highest BCUT2D eigenvalue weighted by Crippen LogP contribution is 2.24. The fraction of sp³-hybridized carbons (Fsp3) is 0.368. The second-order valence-electron chi connectivity index (χ2n) is 6.68. The maximum Gasteiger partial charge on any atom is 0.261 e. The SMILES string of the molecule is CN(Cc1noc2c1CCCC2)C(=O)Cn1cnc2ccccc2c1=O. The van der Waals surface area contributed by atoms with Gasteiger partial charge in [-0.25, -0.2) is 4.98 Å². The van der Waals surface area contributed by atoms with Crippen LogP contribution >= 0.6 is 0 Å². The molecule has 1 aliphatic carbocycles. The van der Waals surface area contributed by atoms with Crippen LogP contribution in [0.4, 0.5) is 0 Å². The molecule has 0 fully saturated rings. The van der Waals surface area contributed by atoms with Crippen LogP contribution in [-0.4, -0.2) is 32.6 Å². The van der Waals surface area contributed by atoms with Crippen LogP contribution in [0, 0.1) is 0 Å². The minimum absolute atomic E-state index is 0.0484. The molecule has 0 radical (unpaired) electrons. The summed E-state index contributed by atoms with van der Waals surface area (Å²) in [5, 5.41) is 4.65. The monoisotopic (exact) mass is 352 g/mol. The molecule has 0 unspecified atom stereocenters. The molecule has 0 aliphatic heterocycles. The van der Waals surface area contributed by atoms with Crippen LogP contribution in [0.1, 0.15) is 29.9 Å². The van der Waals surface area contributed by atoms with Crippen molar-refractivity contribution in [3.05, 3.63) is 58.0 Å². The van der Waals surface area contributed by atoms with Crippen molar-refractivity contribution in [1.82, 2.24) is 19.6 Å². The van der Waals surface area contributed by atoms with E-state index in [1.807, 2.05) is 6.07 Å². The van der Waals surface area contributed by atoms with E-state index < -0.39 is 0 Å². The number of likely N-dealkylation sites (N-methyl/N-ethyl adjacent to an activating group) is 1. The molecule has 0 spiro atoms. The lowest BCUT2D eigenvalue weighted by Crippen LogP contribution is -2.34. The van der Waals surface area contributed by atoms with Gasteiger partial charge in [-0.3, -0.25) is 14.2 Å². The fourth-order valence-corrected chi connectivity index (χ4v) is 3.37. The highest BCUT2D eigenvalue weighted by atomic mass is 16.5. The standard InChI is InChI=1S/C19H20N4O3/c1-22(10-16-13-6-3-5-9-17(13)26-21-16)18(24)11-23-12-20-15-8-4-2-7-14(15)19(23)25/h2,4,7-8,12H,3,5-6,9-11H2,1H3. The topological polar surface area (TPSA) is 81.2 Å². The minimum atomic E-state index is -0.212. The predicted molar refractivity (Wildman–Crippen MR) is 95.6 cm³/mol. The summed E-state index contributed by atoms with van der Waals surface area (Å²) in [6, 6.07) is 7.12. The molecule has 0 bridgehead atoms. The molecule has 0 saturated heterocycles. The van der Waals surface area contributed by atoms with Gasteiger partial charge in [0.1, 0.15) is 18.0 Å². The van der Waals surface area contributed by atoms with E-state index in [-0.39, 0.29) is 18.0 Å². The number of hydrogen-bond donors (Lipinski definition) is 0. The average Bonchev–Trinajstić information content (AvgIpc) is 3.07. The van der Waals surface area contributed by atoms with Crippen LogP contribution in [-0.2, 0) is 30.7 Å². The maximum absolute atomic E-state index is 12.6. The lowest BCUT2D eigenvalue weighted by atomic mass is 9.96. The van der Waals surface area contributed by atoms with Crippen molar-refractivity contribution in [1.29, 1.82) is 0 Å². The molecular weight excluding hydrogens is 332 g/mol. The molecule has 0 atom stereocenters. The van der Waals surface area contributed by atoms with Crippen LogP contribution in [0.2, 0.25) is 0 Å². The van der Waals surface area contributed by atoms with Gasteiger partial charge in [0.2, 0.25) is 5.91 Å². The second-order valence-corrected chi connectivity index (χ2v) is 6.68. The van der Waals surface area contributed by atoms with Gasteiger partial charge in [0.05, 0.1) is 23.8 Å². The van der Waals surface area contributed by atoms with Crippen LogP contribution < -0.4 is 5.56 Å². The molecular formula is C19H20N4O3. The van der Waals surface area contributed by atoms with Crippen LogP contribution in [0.15, 0.2) is 39.9 Å². The van der Waals surface area contributed by atoms with Crippen molar-refractivity contribution in [3.63, 3.8) is 0 Å². The summed E-state index contributed by atoms with van der Waals surface area (Å²) in [7, 11) is 1.71. The van der Waals surface area contributed by atoms with Crippen molar-refractivity contribution < 1.29 is 9.32 Å². The first kappa shape index (κ1) is 16.5. The zero-order valence-corrected chi connectivity index (χ0v) is 14.6. The number of fused-ring (bicyclic) bond motifs is 2. The summed E-state index contributed by atoms with van der Waals surface area (Å²) in [4.78, 5) is 30.9. The number of aromatic nitrogens is 3. The Hall–Kier alpha value is -2.96. The third-order valence-corrected chi connectivity index (χ3v) is 4.88. The Labute approximate surface area is 150 Å². The Balaban J connectivity index is 1.50. The number of nitrogens with zero attached hydrogens (tertiary/aromatic N) is 4. The zero-order valence-electron chi connectivity index (χ0n) is 14.6. The largest absolute Gasteiger partial charge is 0.361 e. The van der Waals surface area contributed by atoms with Crippen molar-refractivity contribution in [2.75, 3.05) is 7.05 Å². The summed E-state index contributed by atoms with van der Waals surface area (Å²) in [5.41, 5.74) is 2.37. The van der Waals surface area contributed by atoms with E-state index in [9.17, 15) is 9.59 Å². The molecule has 1 amide bonds. The normalized spacial score (nSPS) is 13.6. The Morgan fingerprint density at radius 2 is 2.08 bits per heavy atom. The zero-order chi connectivity index (χ0) is 18.1. The summed E-state index contributed by atoms with van der Waals surface area (Å²) < 4.78 is 6.75. The van der Waals surface area contributed by atoms with Crippen LogP contribution in [0.3, 0.4) is 0 Å². The van der Waals surface area contributed by atoms with Gasteiger partial charge < -0.3 is 9.42 Å². The number of carbonyl (C=O) groups is 1. The highest BCUT2D eigenvalue weighted by Gasteiger charge is 2.21. The maximum atomic E-state index is 12.6. The van der Waals surface area contributed by atoms with Crippen molar-refractivity contribution in [3.8, 4) is 0 Å². The van der Waals surface area contributed by atoms with Gasteiger partial charge in [0.15, 0.2) is 0 Å². The third kappa shape index (κ3) is 3.00. The molecule has 134 valence electrons. The van der Waals surface area contributed by atoms with Crippen LogP contribution in [0.25, 0.3) is 10.9 Å². The van der Waals surface area contributed by atoms with E-state index in [0.717, 1.165) is 42.7 Å². The average molecular weight is 352 g/mol. The van der Waals surface area contributed by atoms with Gasteiger partial charge in [-0.05, 0) is 31.4 Å². The molecule has 26 heavy (non-hydrogen) atoms. The van der Waals surface area contributed by atoms with Gasteiger partial charge in [0.25, 0.3) is 5.56 Å². The minimum Gasteiger partial charge on any atom is -0.361 e. The molecule has 0 N–H and O–H groups in total. The quantitative estimate of drug-likeness (QED) is 0.716. The number of amides is 1. The smallest absolute Gasteiger partial charge is 0.261 e. The highest BCUT2D eigenvalue weighted by molar-refractivity contribution is 5.78. The number of carbonyl (C=O) groups excluding carboxylic acids is 1. The summed E-state index contributed by atoms with van der Waals surface area (Å²) in [6.07, 6.45) is 5.53. The van der Waals surface area contributed by atoms with E-state index >= 15 is 0 Å². The second kappa shape index (κ2) is 6.74. The van der Waals surface area contributed by atoms with Gasteiger partial charge in [-0.15, -0.1) is 0 Å². The number of rotatable bonds is 4. The van der Waals surface area contributed by atoms with Crippen molar-refractivity contribution in [2.45, 2.75) is 38.8 Å². The molecule has 0 saturated carbocycles. The lowest BCUT2D eigenvalue weighted by molar-refractivity contribution is -0.131. The molecule has 1 aliphatic rings. The first-order chi connectivity index (χ1) is 12.6. The number of benzene rings is 1. The van der Waals surface area contributed by atoms with Gasteiger partial charge in [-0.1, -0.05) is 17.3 Å². The number of para-hydroxylation sites is 1. The molecule has 7 nitrogen and oxygen atoms in total. The molecule has 1 aromatic carbocycles. The Kier molecular flexibility index (Phi) is 4.28. The van der Waals surface area contributed by atoms with E-state index in [4.69, 9.17) is 4.52 Å². The van der Waals surface area contributed by atoms with Crippen molar-refractivity contribution in [2.24, 2.45) is 0 Å². The molecule has 4 rings (SSSR count). The Morgan fingerprint density at radius 3 is 2.96 bits per heavy atom. The van der Waals surface area contributed by atoms with Gasteiger partial charge in [0, 0.05) is 19.0 Å². The van der Waals surface area contributed by atoms with E-state index in [0.29, 0.717) is 17.4 Å². The summed E-state index contributed by atoms with van der Waals surface area (Å²) in [5.74, 6) is 0.777. The Bertz CT molecular complexity index is 1020. The fourth-order valence-electron chi connectivity index (χ4n) is 3.37. The first-order valence-electron chi connectivity index (χ1n) is 8.78. The lowest BCUT2D eigenvalue weighted by Gasteiger charge is -2.18. The first-order valence-corrected chi connectivity index (χ1v) is 8.78. The molecule has 2 heterocycles. The van der Waals surface area contributed by atoms with E-state index in [1.54, 1.807) is 30.1 Å². The predicted octanol–water partition coefficient (Wildman–Crippen LogP) is 1.92. The molecule has 7 heteroatoms. The van der Waals surface area contributed by atoms with Crippen molar-refractivity contribution >= 4 is 16.8 Å². The third-order valence-electron chi connectivity index (χ3n) is 4.88. The Morgan fingerprint density at radius 1 is 1.27 bits per heavy atom. The number of hydrogen-bond acceptors (Lipinski definition) is 5. The molecule has 2 aromatic heterocycles. The van der Waals surface area contributed by atoms with Crippen LogP contribution in [0.5, 0.6) is 0 Å². The van der Waals surface area contributed by atoms with E-state index in [2.05, 4.69) is 10.1 Å². The molecule has 3 aromatic rings. The summed E-state index contributed by atoms with van der Waals surface area (Å²) in [6.45, 7) is 0.334. The van der Waals surface area contributed by atoms with Gasteiger partial charge in [-0.2, -0.15) is 0 Å².